The molecule has 0 N–H and O–H groups in total. The molecule has 1 aliphatic rings. The summed E-state index contributed by atoms with van der Waals surface area (Å²) >= 11 is 0. The third-order valence-corrected chi connectivity index (χ3v) is 6.41. The summed E-state index contributed by atoms with van der Waals surface area (Å²) in [6.07, 6.45) is 28.3. The molecule has 0 bridgehead atoms. The molecule has 0 spiro atoms. The minimum atomic E-state index is 0.420. The fourth-order valence-electron chi connectivity index (χ4n) is 4.26. The highest BCUT2D eigenvalue weighted by molar-refractivity contribution is 5.78. The third-order valence-electron chi connectivity index (χ3n) is 6.41. The Bertz CT molecular complexity index is 669. The molecule has 1 heteroatoms. The second kappa shape index (κ2) is 17.0. The smallest absolute Gasteiger partial charge is 0.133 e. The van der Waals surface area contributed by atoms with Crippen LogP contribution in [0.25, 0.3) is 0 Å². The first-order valence-electron chi connectivity index (χ1n) is 12.8. The number of hydrogen-bond acceptors (Lipinski definition) is 1. The second-order valence-electron chi connectivity index (χ2n) is 9.53. The Morgan fingerprint density at radius 2 is 1.68 bits per heavy atom. The average Bonchev–Trinajstić information content (AvgIpc) is 2.72. The van der Waals surface area contributed by atoms with Crippen molar-refractivity contribution in [3.63, 3.8) is 0 Å². The minimum Gasteiger partial charge on any atom is -0.300 e. The van der Waals surface area contributed by atoms with Crippen molar-refractivity contribution in [1.82, 2.24) is 0 Å². The molecular weight excluding hydrogens is 376 g/mol. The number of carbonyl (C=O) groups excluding carboxylic acids is 1. The van der Waals surface area contributed by atoms with Gasteiger partial charge in [0.2, 0.25) is 0 Å². The predicted octanol–water partition coefficient (Wildman–Crippen LogP) is 9.62. The van der Waals surface area contributed by atoms with Crippen molar-refractivity contribution >= 4 is 5.78 Å². The fourth-order valence-corrected chi connectivity index (χ4v) is 4.26. The number of allylic oxidation sites excluding steroid dienone is 10. The van der Waals surface area contributed by atoms with E-state index in [1.807, 2.05) is 0 Å². The molecule has 0 saturated heterocycles. The molecule has 0 aliphatic heterocycles. The van der Waals surface area contributed by atoms with Crippen LogP contribution >= 0.6 is 0 Å². The first-order valence-corrected chi connectivity index (χ1v) is 12.8. The molecule has 0 radical (unpaired) electrons. The van der Waals surface area contributed by atoms with E-state index in [4.69, 9.17) is 0 Å². The molecule has 1 aliphatic carbocycles. The third kappa shape index (κ3) is 13.4. The van der Waals surface area contributed by atoms with Crippen molar-refractivity contribution in [3.8, 4) is 0 Å². The van der Waals surface area contributed by atoms with E-state index in [2.05, 4.69) is 71.1 Å². The highest BCUT2D eigenvalue weighted by atomic mass is 16.1. The number of ketones is 1. The summed E-state index contributed by atoms with van der Waals surface area (Å²) in [5.74, 6) is 1.11. The molecule has 0 heterocycles. The minimum absolute atomic E-state index is 0.420. The highest BCUT2D eigenvalue weighted by Crippen LogP contribution is 2.30. The second-order valence-corrected chi connectivity index (χ2v) is 9.53. The predicted molar refractivity (Wildman–Crippen MR) is 138 cm³/mol. The van der Waals surface area contributed by atoms with E-state index >= 15 is 0 Å². The molecule has 0 saturated carbocycles. The zero-order valence-electron chi connectivity index (χ0n) is 21.1. The molecular formula is C30H48O. The van der Waals surface area contributed by atoms with Gasteiger partial charge in [-0.05, 0) is 64.4 Å². The van der Waals surface area contributed by atoms with Gasteiger partial charge in [0.25, 0.3) is 0 Å². The lowest BCUT2D eigenvalue weighted by Gasteiger charge is -2.22. The van der Waals surface area contributed by atoms with Gasteiger partial charge >= 0.3 is 0 Å². The van der Waals surface area contributed by atoms with Gasteiger partial charge in [0.1, 0.15) is 5.78 Å². The van der Waals surface area contributed by atoms with Gasteiger partial charge in [0.15, 0.2) is 0 Å². The lowest BCUT2D eigenvalue weighted by Crippen LogP contribution is -2.06. The zero-order valence-corrected chi connectivity index (χ0v) is 21.1. The number of carbonyl (C=O) groups is 1. The molecule has 174 valence electrons. The molecule has 0 aromatic heterocycles. The van der Waals surface area contributed by atoms with E-state index in [0.29, 0.717) is 18.1 Å². The summed E-state index contributed by atoms with van der Waals surface area (Å²) in [6.45, 7) is 11.1. The zero-order chi connectivity index (χ0) is 22.9. The summed E-state index contributed by atoms with van der Waals surface area (Å²) in [5.41, 5.74) is 5.59. The largest absolute Gasteiger partial charge is 0.300 e. The Morgan fingerprint density at radius 1 is 0.968 bits per heavy atom. The summed E-state index contributed by atoms with van der Waals surface area (Å²) in [5, 5.41) is 0. The van der Waals surface area contributed by atoms with Gasteiger partial charge in [-0.2, -0.15) is 0 Å². The lowest BCUT2D eigenvalue weighted by molar-refractivity contribution is -0.119. The van der Waals surface area contributed by atoms with Gasteiger partial charge in [0.05, 0.1) is 0 Å². The topological polar surface area (TPSA) is 17.1 Å². The van der Waals surface area contributed by atoms with Crippen LogP contribution in [0, 0.1) is 5.92 Å². The quantitative estimate of drug-likeness (QED) is 0.189. The summed E-state index contributed by atoms with van der Waals surface area (Å²) < 4.78 is 0. The van der Waals surface area contributed by atoms with Crippen molar-refractivity contribution in [2.24, 2.45) is 5.92 Å². The molecule has 0 fully saturated rings. The fraction of sp³-hybridized carbons (Fsp3) is 0.633. The van der Waals surface area contributed by atoms with Gasteiger partial charge < -0.3 is 0 Å². The molecule has 1 atom stereocenters. The van der Waals surface area contributed by atoms with Crippen LogP contribution in [0.15, 0.2) is 58.7 Å². The molecule has 0 amide bonds. The number of unbranched alkanes of at least 4 members (excludes halogenated alkanes) is 6. The van der Waals surface area contributed by atoms with Crippen molar-refractivity contribution in [2.75, 3.05) is 0 Å². The Hall–Kier alpha value is -1.63. The maximum Gasteiger partial charge on any atom is 0.133 e. The number of rotatable bonds is 15. The van der Waals surface area contributed by atoms with Gasteiger partial charge in [-0.25, -0.2) is 0 Å². The van der Waals surface area contributed by atoms with Crippen LogP contribution in [-0.4, -0.2) is 5.78 Å². The van der Waals surface area contributed by atoms with E-state index in [-0.39, 0.29) is 0 Å². The van der Waals surface area contributed by atoms with Gasteiger partial charge in [0, 0.05) is 12.8 Å². The van der Waals surface area contributed by atoms with E-state index in [1.165, 1.54) is 74.5 Å². The molecule has 31 heavy (non-hydrogen) atoms. The number of hydrogen-bond donors (Lipinski definition) is 0. The maximum absolute atomic E-state index is 12.0. The SMILES string of the molecule is CCCCCCCCCC(=O)CC/C=C(C)/C=C/C=C(C)/C=C/C1=C(C)CCCC1C. The van der Waals surface area contributed by atoms with Crippen LogP contribution in [0.3, 0.4) is 0 Å². The maximum atomic E-state index is 12.0. The summed E-state index contributed by atoms with van der Waals surface area (Å²) in [6, 6.07) is 0. The molecule has 1 rings (SSSR count). The van der Waals surface area contributed by atoms with Gasteiger partial charge in [-0.1, -0.05) is 106 Å². The van der Waals surface area contributed by atoms with Crippen molar-refractivity contribution in [1.29, 1.82) is 0 Å². The molecule has 1 nitrogen and oxygen atoms in total. The summed E-state index contributed by atoms with van der Waals surface area (Å²) in [4.78, 5) is 12.0. The van der Waals surface area contributed by atoms with E-state index < -0.39 is 0 Å². The standard InChI is InChI=1S/C30H48O/c1-6-7-8-9-10-11-12-21-29(31)22-14-18-25(2)16-13-17-26(3)23-24-30-27(4)19-15-20-28(30)5/h13,16-18,23-24,27H,6-12,14-15,19-22H2,1-5H3/b16-13+,24-23+,25-18+,26-17+. The Kier molecular flexibility index (Phi) is 15.0. The van der Waals surface area contributed by atoms with E-state index in [1.54, 1.807) is 5.57 Å². The van der Waals surface area contributed by atoms with E-state index in [9.17, 15) is 4.79 Å². The van der Waals surface area contributed by atoms with Gasteiger partial charge in [-0.3, -0.25) is 4.79 Å². The van der Waals surface area contributed by atoms with Crippen LogP contribution in [0.1, 0.15) is 118 Å². The van der Waals surface area contributed by atoms with Crippen LogP contribution in [0.5, 0.6) is 0 Å². The Labute approximate surface area is 193 Å². The van der Waals surface area contributed by atoms with Crippen LogP contribution in [-0.2, 0) is 4.79 Å². The highest BCUT2D eigenvalue weighted by Gasteiger charge is 2.14. The summed E-state index contributed by atoms with van der Waals surface area (Å²) in [7, 11) is 0. The average molecular weight is 425 g/mol. The Balaban J connectivity index is 2.28. The molecule has 1 unspecified atom stereocenters. The van der Waals surface area contributed by atoms with Gasteiger partial charge in [-0.15, -0.1) is 0 Å². The van der Waals surface area contributed by atoms with Crippen LogP contribution < -0.4 is 0 Å². The monoisotopic (exact) mass is 424 g/mol. The van der Waals surface area contributed by atoms with Crippen LogP contribution in [0.2, 0.25) is 0 Å². The molecule has 0 aromatic rings. The van der Waals surface area contributed by atoms with Crippen molar-refractivity contribution in [3.05, 3.63) is 58.7 Å². The first kappa shape index (κ1) is 27.4. The van der Waals surface area contributed by atoms with Crippen LogP contribution in [0.4, 0.5) is 0 Å². The first-order chi connectivity index (χ1) is 14.9. The van der Waals surface area contributed by atoms with Crippen molar-refractivity contribution < 1.29 is 4.79 Å². The van der Waals surface area contributed by atoms with E-state index in [0.717, 1.165) is 19.3 Å². The Morgan fingerprint density at radius 3 is 2.39 bits per heavy atom. The molecule has 0 aromatic carbocycles. The lowest BCUT2D eigenvalue weighted by atomic mass is 9.84. The number of Topliss-reactive ketones (excluding diaryl/α,β-unsaturated/α-hetero) is 1. The normalized spacial score (nSPS) is 18.5. The van der Waals surface area contributed by atoms with Crippen molar-refractivity contribution in [2.45, 2.75) is 118 Å².